The second-order valence-corrected chi connectivity index (χ2v) is 9.90. The molecule has 11 heteroatoms. The Hall–Kier alpha value is -2.44. The minimum Gasteiger partial charge on any atom is -0.370 e. The second-order valence-electron chi connectivity index (χ2n) is 6.74. The molecule has 0 unspecified atom stereocenters. The van der Waals surface area contributed by atoms with Crippen molar-refractivity contribution in [2.75, 3.05) is 33.4 Å². The molecular weight excluding hydrogens is 412 g/mol. The number of quaternary nitrogens is 1. The zero-order valence-electron chi connectivity index (χ0n) is 15.6. The maximum absolute atomic E-state index is 12.4. The lowest BCUT2D eigenvalue weighted by Gasteiger charge is -2.22. The molecule has 3 aromatic heterocycles. The summed E-state index contributed by atoms with van der Waals surface area (Å²) in [7, 11) is -2.15. The van der Waals surface area contributed by atoms with E-state index in [-0.39, 0.29) is 4.21 Å². The number of hydrogen-bond donors (Lipinski definition) is 3. The largest absolute Gasteiger partial charge is 0.370 e. The highest BCUT2D eigenvalue weighted by Gasteiger charge is 2.27. The van der Waals surface area contributed by atoms with E-state index in [1.165, 1.54) is 23.3 Å². The molecule has 0 amide bonds. The molecule has 0 radical (unpaired) electrons. The van der Waals surface area contributed by atoms with Gasteiger partial charge in [0.1, 0.15) is 22.0 Å². The van der Waals surface area contributed by atoms with Crippen LogP contribution in [0.25, 0.3) is 32.5 Å². The number of thiophene rings is 1. The predicted molar refractivity (Wildman–Crippen MR) is 110 cm³/mol. The first-order valence-electron chi connectivity index (χ1n) is 9.17. The van der Waals surface area contributed by atoms with Gasteiger partial charge in [0.2, 0.25) is 15.8 Å². The molecule has 29 heavy (non-hydrogen) atoms. The molecule has 1 aliphatic rings. The molecule has 5 rings (SSSR count). The van der Waals surface area contributed by atoms with Crippen LogP contribution in [0.2, 0.25) is 0 Å². The van der Waals surface area contributed by atoms with Crippen molar-refractivity contribution in [1.82, 2.24) is 24.9 Å². The summed E-state index contributed by atoms with van der Waals surface area (Å²) < 4.78 is 33.6. The van der Waals surface area contributed by atoms with Crippen LogP contribution >= 0.6 is 11.3 Å². The number of ether oxygens (including phenoxy) is 1. The summed E-state index contributed by atoms with van der Waals surface area (Å²) in [5.41, 5.74) is 2.38. The number of aromatic amines is 1. The Morgan fingerprint density at radius 3 is 2.86 bits per heavy atom. The first-order valence-corrected chi connectivity index (χ1v) is 11.5. The van der Waals surface area contributed by atoms with Crippen molar-refractivity contribution in [3.63, 3.8) is 0 Å². The van der Waals surface area contributed by atoms with E-state index >= 15 is 0 Å². The van der Waals surface area contributed by atoms with Gasteiger partial charge in [-0.25, -0.2) is 18.1 Å². The van der Waals surface area contributed by atoms with Gasteiger partial charge < -0.3 is 4.74 Å². The van der Waals surface area contributed by atoms with Gasteiger partial charge in [0.25, 0.3) is 0 Å². The number of rotatable bonds is 4. The number of morpholine rings is 1. The van der Waals surface area contributed by atoms with Gasteiger partial charge in [0, 0.05) is 10.9 Å². The molecule has 1 aromatic carbocycles. The summed E-state index contributed by atoms with van der Waals surface area (Å²) in [6.07, 6.45) is 1.75. The van der Waals surface area contributed by atoms with Gasteiger partial charge in [-0.1, -0.05) is 12.1 Å². The van der Waals surface area contributed by atoms with Crippen molar-refractivity contribution in [1.29, 1.82) is 0 Å². The summed E-state index contributed by atoms with van der Waals surface area (Å²) in [5, 5.41) is 8.01. The third-order valence-electron chi connectivity index (χ3n) is 5.04. The molecule has 1 aliphatic heterocycles. The molecule has 0 bridgehead atoms. The topological polar surface area (TPSA) is 114 Å². The molecular formula is C18H19N6O3S2+. The number of nitrogens with zero attached hydrogens (tertiary/aromatic N) is 3. The zero-order chi connectivity index (χ0) is 20.0. The average Bonchev–Trinajstić information content (AvgIpc) is 3.40. The van der Waals surface area contributed by atoms with Crippen LogP contribution in [0.5, 0.6) is 0 Å². The van der Waals surface area contributed by atoms with Gasteiger partial charge in [-0.05, 0) is 19.2 Å². The van der Waals surface area contributed by atoms with Crippen molar-refractivity contribution in [2.45, 2.75) is 4.21 Å². The summed E-state index contributed by atoms with van der Waals surface area (Å²) >= 11 is 1.20. The summed E-state index contributed by atoms with van der Waals surface area (Å²) in [4.78, 5) is 10.8. The van der Waals surface area contributed by atoms with E-state index in [4.69, 9.17) is 14.7 Å². The molecule has 9 nitrogen and oxygen atoms in total. The Labute approximate surface area is 170 Å². The first kappa shape index (κ1) is 18.6. The molecule has 0 aliphatic carbocycles. The fraction of sp³-hybridized carbons (Fsp3) is 0.278. The van der Waals surface area contributed by atoms with Crippen LogP contribution in [0.3, 0.4) is 0 Å². The van der Waals surface area contributed by atoms with Gasteiger partial charge in [0.05, 0.1) is 30.4 Å². The van der Waals surface area contributed by atoms with E-state index in [1.807, 2.05) is 18.2 Å². The quantitative estimate of drug-likeness (QED) is 0.438. The van der Waals surface area contributed by atoms with Crippen LogP contribution in [0.4, 0.5) is 5.82 Å². The Balaban J connectivity index is 1.76. The third kappa shape index (κ3) is 3.20. The lowest BCUT2D eigenvalue weighted by Crippen LogP contribution is -3.09. The monoisotopic (exact) mass is 431 g/mol. The fourth-order valence-corrected chi connectivity index (χ4v) is 5.79. The molecule has 150 valence electrons. The SMILES string of the molecule is CNS(=O)(=O)c1cc2nc(-c3cccc4[nH]ncc34)nc([NH+]3CCOCC3)c2s1. The number of H-pyrrole nitrogens is 1. The second kappa shape index (κ2) is 7.11. The van der Waals surface area contributed by atoms with E-state index < -0.39 is 10.0 Å². The molecule has 0 saturated carbocycles. The molecule has 0 spiro atoms. The Morgan fingerprint density at radius 1 is 1.24 bits per heavy atom. The standard InChI is InChI=1S/C18H18N6O3S2/c1-19-29(25,26)15-9-14-16(28-15)18(24-5-7-27-8-6-24)22-17(21-14)11-3-2-4-13-12(11)10-20-23-13/h2-4,9-10,19H,5-8H2,1H3,(H,20,23)/p+1. The lowest BCUT2D eigenvalue weighted by molar-refractivity contribution is -0.843. The Morgan fingerprint density at radius 2 is 2.07 bits per heavy atom. The first-order chi connectivity index (χ1) is 14.1. The molecule has 3 N–H and O–H groups in total. The Kier molecular flexibility index (Phi) is 4.56. The van der Waals surface area contributed by atoms with Crippen molar-refractivity contribution in [3.8, 4) is 11.4 Å². The molecule has 0 atom stereocenters. The number of fused-ring (bicyclic) bond motifs is 2. The van der Waals surface area contributed by atoms with Crippen LogP contribution in [-0.4, -0.2) is 61.9 Å². The van der Waals surface area contributed by atoms with Crippen LogP contribution in [0, 0.1) is 0 Å². The number of aromatic nitrogens is 4. The predicted octanol–water partition coefficient (Wildman–Crippen LogP) is 0.689. The molecule has 4 heterocycles. The summed E-state index contributed by atoms with van der Waals surface area (Å²) in [6, 6.07) is 7.45. The van der Waals surface area contributed by atoms with Crippen molar-refractivity contribution in [2.24, 2.45) is 0 Å². The van der Waals surface area contributed by atoms with Crippen molar-refractivity contribution >= 4 is 48.3 Å². The van der Waals surface area contributed by atoms with Crippen LogP contribution in [0.1, 0.15) is 0 Å². The van der Waals surface area contributed by atoms with Crippen molar-refractivity contribution < 1.29 is 18.1 Å². The molecule has 1 fully saturated rings. The minimum atomic E-state index is -3.56. The number of hydrogen-bond acceptors (Lipinski definition) is 7. The van der Waals surface area contributed by atoms with E-state index in [1.54, 1.807) is 12.3 Å². The summed E-state index contributed by atoms with van der Waals surface area (Å²) in [6.45, 7) is 2.82. The third-order valence-corrected chi connectivity index (χ3v) is 8.06. The summed E-state index contributed by atoms with van der Waals surface area (Å²) in [5.74, 6) is 1.38. The minimum absolute atomic E-state index is 0.233. The van der Waals surface area contributed by atoms with E-state index in [0.717, 1.165) is 40.1 Å². The smallest absolute Gasteiger partial charge is 0.249 e. The molecule has 4 aromatic rings. The van der Waals surface area contributed by atoms with Gasteiger partial charge in [-0.15, -0.1) is 11.3 Å². The van der Waals surface area contributed by atoms with E-state index in [0.29, 0.717) is 24.6 Å². The van der Waals surface area contributed by atoms with Gasteiger partial charge in [0.15, 0.2) is 5.82 Å². The Bertz CT molecular complexity index is 1310. The maximum atomic E-state index is 12.4. The maximum Gasteiger partial charge on any atom is 0.249 e. The number of nitrogens with one attached hydrogen (secondary N) is 3. The van der Waals surface area contributed by atoms with Crippen LogP contribution in [-0.2, 0) is 14.8 Å². The van der Waals surface area contributed by atoms with Crippen LogP contribution < -0.4 is 9.62 Å². The number of benzene rings is 1. The van der Waals surface area contributed by atoms with E-state index in [2.05, 4.69) is 14.9 Å². The highest BCUT2D eigenvalue weighted by Crippen LogP contribution is 2.34. The average molecular weight is 432 g/mol. The van der Waals surface area contributed by atoms with Gasteiger partial charge >= 0.3 is 0 Å². The van der Waals surface area contributed by atoms with Gasteiger partial charge in [-0.2, -0.15) is 10.1 Å². The lowest BCUT2D eigenvalue weighted by atomic mass is 10.1. The van der Waals surface area contributed by atoms with Crippen LogP contribution in [0.15, 0.2) is 34.7 Å². The fourth-order valence-electron chi connectivity index (χ4n) is 3.52. The van der Waals surface area contributed by atoms with Gasteiger partial charge in [-0.3, -0.25) is 10.00 Å². The van der Waals surface area contributed by atoms with Crippen molar-refractivity contribution in [3.05, 3.63) is 30.5 Å². The number of sulfonamides is 1. The highest BCUT2D eigenvalue weighted by molar-refractivity contribution is 7.91. The zero-order valence-corrected chi connectivity index (χ0v) is 17.2. The molecule has 1 saturated heterocycles. The highest BCUT2D eigenvalue weighted by atomic mass is 32.2. The van der Waals surface area contributed by atoms with E-state index in [9.17, 15) is 8.42 Å². The normalized spacial score (nSPS) is 16.0.